The van der Waals surface area contributed by atoms with Crippen molar-refractivity contribution in [3.05, 3.63) is 47.9 Å². The maximum Gasteiger partial charge on any atom is 0.262 e. The number of benzene rings is 1. The fraction of sp³-hybridized carbons (Fsp3) is 0.526. The molecular formula is C19H28N4O2S. The summed E-state index contributed by atoms with van der Waals surface area (Å²) < 4.78 is 30.1. The number of aryl methyl sites for hydroxylation is 2. The van der Waals surface area contributed by atoms with E-state index in [4.69, 9.17) is 0 Å². The molecule has 0 atom stereocenters. The Hall–Kier alpha value is -1.70. The number of sulfonamides is 1. The molecule has 1 aromatic heterocycles. The van der Waals surface area contributed by atoms with E-state index in [-0.39, 0.29) is 11.1 Å². The monoisotopic (exact) mass is 376 g/mol. The quantitative estimate of drug-likeness (QED) is 0.774. The number of piperidine rings is 1. The van der Waals surface area contributed by atoms with Gasteiger partial charge in [-0.25, -0.2) is 13.4 Å². The van der Waals surface area contributed by atoms with E-state index >= 15 is 0 Å². The molecule has 0 radical (unpaired) electrons. The zero-order valence-corrected chi connectivity index (χ0v) is 16.6. The van der Waals surface area contributed by atoms with Crippen molar-refractivity contribution in [2.45, 2.75) is 37.3 Å². The summed E-state index contributed by atoms with van der Waals surface area (Å²) in [6, 6.07) is 10.1. The average Bonchev–Trinajstić information content (AvgIpc) is 2.97. The van der Waals surface area contributed by atoms with Crippen LogP contribution < -0.4 is 0 Å². The lowest BCUT2D eigenvalue weighted by atomic mass is 10.0. The molecule has 1 fully saturated rings. The summed E-state index contributed by atoms with van der Waals surface area (Å²) in [5.74, 6) is 0.704. The smallest absolute Gasteiger partial charge is 0.262 e. The first kappa shape index (κ1) is 19.1. The maximum atomic E-state index is 13.3. The van der Waals surface area contributed by atoms with Gasteiger partial charge in [-0.15, -0.1) is 0 Å². The van der Waals surface area contributed by atoms with Crippen LogP contribution in [0.1, 0.15) is 24.2 Å². The Bertz CT molecular complexity index is 805. The second-order valence-corrected chi connectivity index (χ2v) is 8.96. The Labute approximate surface area is 156 Å². The van der Waals surface area contributed by atoms with Gasteiger partial charge in [-0.1, -0.05) is 30.3 Å². The van der Waals surface area contributed by atoms with Crippen molar-refractivity contribution in [3.63, 3.8) is 0 Å². The largest absolute Gasteiger partial charge is 0.337 e. The highest BCUT2D eigenvalue weighted by atomic mass is 32.2. The molecule has 3 rings (SSSR count). The molecule has 7 heteroatoms. The second kappa shape index (κ2) is 7.90. The van der Waals surface area contributed by atoms with Crippen LogP contribution in [-0.4, -0.2) is 59.9 Å². The summed E-state index contributed by atoms with van der Waals surface area (Å²) >= 11 is 0. The van der Waals surface area contributed by atoms with Gasteiger partial charge in [0.1, 0.15) is 5.82 Å². The number of hydrogen-bond donors (Lipinski definition) is 0. The number of hydrogen-bond acceptors (Lipinski definition) is 4. The Balaban J connectivity index is 1.86. The minimum Gasteiger partial charge on any atom is -0.337 e. The van der Waals surface area contributed by atoms with Crippen LogP contribution in [0.2, 0.25) is 0 Å². The lowest BCUT2D eigenvalue weighted by Gasteiger charge is -2.36. The highest BCUT2D eigenvalue weighted by Crippen LogP contribution is 2.24. The van der Waals surface area contributed by atoms with Crippen molar-refractivity contribution in [3.8, 4) is 0 Å². The summed E-state index contributed by atoms with van der Waals surface area (Å²) in [5, 5.41) is 0.157. The SMILES string of the molecule is Cc1nc(S(=O)(=O)N(CCc2ccccc2)C2CCN(C)CC2)cn1C. The maximum absolute atomic E-state index is 13.3. The van der Waals surface area contributed by atoms with E-state index in [2.05, 4.69) is 16.9 Å². The van der Waals surface area contributed by atoms with E-state index < -0.39 is 10.0 Å². The first-order valence-electron chi connectivity index (χ1n) is 9.12. The lowest BCUT2D eigenvalue weighted by Crippen LogP contribution is -2.47. The molecule has 0 bridgehead atoms. The van der Waals surface area contributed by atoms with Gasteiger partial charge in [0.2, 0.25) is 0 Å². The lowest BCUT2D eigenvalue weighted by molar-refractivity contribution is 0.183. The summed E-state index contributed by atoms with van der Waals surface area (Å²) in [6.45, 7) is 4.14. The van der Waals surface area contributed by atoms with E-state index in [1.165, 1.54) is 0 Å². The third-order valence-electron chi connectivity index (χ3n) is 5.22. The zero-order valence-electron chi connectivity index (χ0n) is 15.8. The zero-order chi connectivity index (χ0) is 18.7. The summed E-state index contributed by atoms with van der Waals surface area (Å²) in [5.41, 5.74) is 1.15. The van der Waals surface area contributed by atoms with Crippen LogP contribution >= 0.6 is 0 Å². The molecule has 6 nitrogen and oxygen atoms in total. The van der Waals surface area contributed by atoms with Crippen LogP contribution in [0.25, 0.3) is 0 Å². The molecule has 0 unspecified atom stereocenters. The normalized spacial score (nSPS) is 17.1. The van der Waals surface area contributed by atoms with Crippen LogP contribution in [0.5, 0.6) is 0 Å². The van der Waals surface area contributed by atoms with Gasteiger partial charge in [0.05, 0.1) is 0 Å². The highest BCUT2D eigenvalue weighted by molar-refractivity contribution is 7.89. The predicted octanol–water partition coefficient (Wildman–Crippen LogP) is 2.06. The fourth-order valence-corrected chi connectivity index (χ4v) is 5.15. The Morgan fingerprint density at radius 1 is 1.15 bits per heavy atom. The van der Waals surface area contributed by atoms with Gasteiger partial charge in [0, 0.05) is 25.8 Å². The van der Waals surface area contributed by atoms with Crippen LogP contribution in [0.3, 0.4) is 0 Å². The molecule has 1 aliphatic rings. The molecule has 26 heavy (non-hydrogen) atoms. The first-order chi connectivity index (χ1) is 12.4. The van der Waals surface area contributed by atoms with Crippen LogP contribution in [0, 0.1) is 6.92 Å². The molecule has 1 saturated heterocycles. The number of nitrogens with zero attached hydrogens (tertiary/aromatic N) is 4. The fourth-order valence-electron chi connectivity index (χ4n) is 3.44. The van der Waals surface area contributed by atoms with E-state index in [1.807, 2.05) is 44.3 Å². The van der Waals surface area contributed by atoms with Gasteiger partial charge < -0.3 is 9.47 Å². The summed E-state index contributed by atoms with van der Waals surface area (Å²) in [6.07, 6.45) is 4.04. The standard InChI is InChI=1S/C19H28N4O2S/c1-16-20-19(15-22(16)3)26(24,25)23(18-10-12-21(2)13-11-18)14-9-17-7-5-4-6-8-17/h4-8,15,18H,9-14H2,1-3H3. The average molecular weight is 377 g/mol. The van der Waals surface area contributed by atoms with Gasteiger partial charge in [-0.05, 0) is 51.9 Å². The van der Waals surface area contributed by atoms with Crippen LogP contribution in [0.4, 0.5) is 0 Å². The minimum absolute atomic E-state index is 0.0298. The van der Waals surface area contributed by atoms with Crippen molar-refractivity contribution in [1.29, 1.82) is 0 Å². The summed E-state index contributed by atoms with van der Waals surface area (Å²) in [4.78, 5) is 6.54. The van der Waals surface area contributed by atoms with Crippen molar-refractivity contribution in [2.75, 3.05) is 26.7 Å². The molecule has 142 valence electrons. The van der Waals surface area contributed by atoms with Gasteiger partial charge >= 0.3 is 0 Å². The molecular weight excluding hydrogens is 348 g/mol. The third-order valence-corrected chi connectivity index (χ3v) is 7.04. The van der Waals surface area contributed by atoms with Gasteiger partial charge in [0.15, 0.2) is 5.03 Å². The Kier molecular flexibility index (Phi) is 5.79. The molecule has 1 aliphatic heterocycles. The predicted molar refractivity (Wildman–Crippen MR) is 103 cm³/mol. The van der Waals surface area contributed by atoms with E-state index in [9.17, 15) is 8.42 Å². The number of imidazole rings is 1. The molecule has 0 saturated carbocycles. The molecule has 0 spiro atoms. The number of likely N-dealkylation sites (tertiary alicyclic amines) is 1. The first-order valence-corrected chi connectivity index (χ1v) is 10.6. The van der Waals surface area contributed by atoms with Crippen molar-refractivity contribution in [1.82, 2.24) is 18.8 Å². The number of aromatic nitrogens is 2. The second-order valence-electron chi connectivity index (χ2n) is 7.12. The number of rotatable bonds is 6. The highest BCUT2D eigenvalue weighted by Gasteiger charge is 2.34. The molecule has 2 heterocycles. The molecule has 0 aliphatic carbocycles. The molecule has 0 amide bonds. The van der Waals surface area contributed by atoms with E-state index in [0.717, 1.165) is 31.5 Å². The van der Waals surface area contributed by atoms with Crippen molar-refractivity contribution < 1.29 is 8.42 Å². The van der Waals surface area contributed by atoms with Gasteiger partial charge in [-0.3, -0.25) is 0 Å². The minimum atomic E-state index is -3.61. The molecule has 1 aromatic carbocycles. The Morgan fingerprint density at radius 2 is 1.81 bits per heavy atom. The van der Waals surface area contributed by atoms with Crippen molar-refractivity contribution >= 4 is 10.0 Å². The van der Waals surface area contributed by atoms with Gasteiger partial charge in [0.25, 0.3) is 10.0 Å². The van der Waals surface area contributed by atoms with Gasteiger partial charge in [-0.2, -0.15) is 4.31 Å². The van der Waals surface area contributed by atoms with Crippen LogP contribution in [-0.2, 0) is 23.5 Å². The van der Waals surface area contributed by atoms with E-state index in [0.29, 0.717) is 18.8 Å². The summed E-state index contributed by atoms with van der Waals surface area (Å²) in [7, 11) is 0.302. The third kappa shape index (κ3) is 4.16. The van der Waals surface area contributed by atoms with Crippen molar-refractivity contribution in [2.24, 2.45) is 7.05 Å². The topological polar surface area (TPSA) is 58.4 Å². The Morgan fingerprint density at radius 3 is 2.38 bits per heavy atom. The van der Waals surface area contributed by atoms with Crippen LogP contribution in [0.15, 0.2) is 41.6 Å². The van der Waals surface area contributed by atoms with E-state index in [1.54, 1.807) is 15.1 Å². The molecule has 0 N–H and O–H groups in total. The molecule has 2 aromatic rings.